The summed E-state index contributed by atoms with van der Waals surface area (Å²) in [7, 11) is 0. The van der Waals surface area contributed by atoms with Gasteiger partial charge < -0.3 is 14.6 Å². The van der Waals surface area contributed by atoms with Crippen molar-refractivity contribution in [2.24, 2.45) is 0 Å². The molecule has 1 aromatic heterocycles. The van der Waals surface area contributed by atoms with Gasteiger partial charge in [0.2, 0.25) is 11.8 Å². The van der Waals surface area contributed by atoms with Crippen LogP contribution in [0.5, 0.6) is 0 Å². The molecule has 0 bridgehead atoms. The molecule has 1 aliphatic heterocycles. The minimum Gasteiger partial charge on any atom is -0.444 e. The fraction of sp³-hybridized carbons (Fsp3) is 0.412. The number of nitrogens with zero attached hydrogens (tertiary/aromatic N) is 2. The predicted octanol–water partition coefficient (Wildman–Crippen LogP) is 2.82. The molecule has 1 unspecified atom stereocenters. The van der Waals surface area contributed by atoms with Crippen molar-refractivity contribution in [1.82, 2.24) is 15.2 Å². The zero-order valence-corrected chi connectivity index (χ0v) is 15.2. The molecule has 0 spiro atoms. The van der Waals surface area contributed by atoms with Crippen molar-refractivity contribution in [3.63, 3.8) is 0 Å². The minimum atomic E-state index is 0. The predicted molar refractivity (Wildman–Crippen MR) is 99.4 cm³/mol. The van der Waals surface area contributed by atoms with Gasteiger partial charge in [0.25, 0.3) is 0 Å². The van der Waals surface area contributed by atoms with E-state index in [9.17, 15) is 4.79 Å². The molecule has 0 radical (unpaired) electrons. The van der Waals surface area contributed by atoms with E-state index in [0.717, 1.165) is 30.9 Å². The molecule has 1 aromatic carbocycles. The molecule has 2 aromatic rings. The highest BCUT2D eigenvalue weighted by Crippen LogP contribution is 2.20. The summed E-state index contributed by atoms with van der Waals surface area (Å²) in [6.45, 7) is 4.57. The van der Waals surface area contributed by atoms with Crippen LogP contribution in [0.3, 0.4) is 0 Å². The molecule has 1 fully saturated rings. The third-order valence-electron chi connectivity index (χ3n) is 3.77. The molecule has 0 aliphatic carbocycles. The number of thioether (sulfide) groups is 1. The highest BCUT2D eigenvalue weighted by Gasteiger charge is 2.20. The van der Waals surface area contributed by atoms with Crippen LogP contribution in [0.25, 0.3) is 11.5 Å². The largest absolute Gasteiger partial charge is 0.444 e. The molecule has 130 valence electrons. The second-order valence-corrected chi connectivity index (χ2v) is 6.68. The van der Waals surface area contributed by atoms with Crippen molar-refractivity contribution in [2.75, 3.05) is 25.4 Å². The Morgan fingerprint density at radius 3 is 2.96 bits per heavy atom. The number of aromatic nitrogens is 1. The molecule has 7 heteroatoms. The van der Waals surface area contributed by atoms with Gasteiger partial charge in [-0.3, -0.25) is 4.79 Å². The number of amides is 1. The number of carbonyl (C=O) groups excluding carboxylic acids is 1. The van der Waals surface area contributed by atoms with Crippen LogP contribution in [0.1, 0.15) is 12.6 Å². The van der Waals surface area contributed by atoms with Crippen LogP contribution in [0, 0.1) is 0 Å². The molecule has 24 heavy (non-hydrogen) atoms. The molecule has 1 aliphatic rings. The second-order valence-electron chi connectivity index (χ2n) is 5.70. The number of nitrogens with one attached hydrogen (secondary N) is 1. The molecular weight excluding hydrogens is 346 g/mol. The lowest BCUT2D eigenvalue weighted by molar-refractivity contribution is -0.129. The summed E-state index contributed by atoms with van der Waals surface area (Å²) in [6, 6.07) is 10.2. The van der Waals surface area contributed by atoms with E-state index in [0.29, 0.717) is 23.4 Å². The molecule has 1 atom stereocenters. The van der Waals surface area contributed by atoms with E-state index in [-0.39, 0.29) is 18.3 Å². The number of carbonyl (C=O) groups is 1. The van der Waals surface area contributed by atoms with Crippen molar-refractivity contribution >= 4 is 30.1 Å². The van der Waals surface area contributed by atoms with E-state index < -0.39 is 0 Å². The standard InChI is InChI=1S/C17H21N3O2S.ClH/c1-13-9-20(8-7-18-13)16(21)12-23-11-15-10-22-17(19-15)14-5-3-2-4-6-14;/h2-6,10,13,18H,7-9,11-12H2,1H3;1H. The van der Waals surface area contributed by atoms with Gasteiger partial charge in [-0.2, -0.15) is 0 Å². The lowest BCUT2D eigenvalue weighted by Gasteiger charge is -2.31. The van der Waals surface area contributed by atoms with Gasteiger partial charge in [0.1, 0.15) is 6.26 Å². The summed E-state index contributed by atoms with van der Waals surface area (Å²) in [5, 5.41) is 3.34. The number of hydrogen-bond acceptors (Lipinski definition) is 5. The van der Waals surface area contributed by atoms with Gasteiger partial charge in [-0.05, 0) is 19.1 Å². The number of benzene rings is 1. The quantitative estimate of drug-likeness (QED) is 0.880. The van der Waals surface area contributed by atoms with Crippen molar-refractivity contribution in [3.8, 4) is 11.5 Å². The Morgan fingerprint density at radius 2 is 2.21 bits per heavy atom. The topological polar surface area (TPSA) is 58.4 Å². The van der Waals surface area contributed by atoms with E-state index in [1.165, 1.54) is 0 Å². The Kier molecular flexibility index (Phi) is 7.15. The molecule has 0 saturated carbocycles. The maximum Gasteiger partial charge on any atom is 0.232 e. The summed E-state index contributed by atoms with van der Waals surface area (Å²) in [4.78, 5) is 18.6. The first-order chi connectivity index (χ1) is 11.2. The van der Waals surface area contributed by atoms with Crippen molar-refractivity contribution in [3.05, 3.63) is 42.3 Å². The third kappa shape index (κ3) is 5.00. The van der Waals surface area contributed by atoms with E-state index in [1.807, 2.05) is 35.2 Å². The van der Waals surface area contributed by atoms with E-state index in [4.69, 9.17) is 4.42 Å². The maximum absolute atomic E-state index is 12.2. The molecule has 5 nitrogen and oxygen atoms in total. The first-order valence-electron chi connectivity index (χ1n) is 7.81. The first kappa shape index (κ1) is 18.8. The maximum atomic E-state index is 12.2. The lowest BCUT2D eigenvalue weighted by atomic mass is 10.2. The smallest absolute Gasteiger partial charge is 0.232 e. The number of piperazine rings is 1. The molecule has 1 N–H and O–H groups in total. The Balaban J connectivity index is 0.00000208. The lowest BCUT2D eigenvalue weighted by Crippen LogP contribution is -2.51. The van der Waals surface area contributed by atoms with Crippen molar-refractivity contribution < 1.29 is 9.21 Å². The number of oxazole rings is 1. The van der Waals surface area contributed by atoms with Gasteiger partial charge in [0, 0.05) is 37.0 Å². The van der Waals surface area contributed by atoms with Gasteiger partial charge in [-0.1, -0.05) is 18.2 Å². The highest BCUT2D eigenvalue weighted by atomic mass is 35.5. The zero-order chi connectivity index (χ0) is 16.1. The van der Waals surface area contributed by atoms with E-state index >= 15 is 0 Å². The summed E-state index contributed by atoms with van der Waals surface area (Å²) in [5.74, 6) is 2.00. The highest BCUT2D eigenvalue weighted by molar-refractivity contribution is 7.99. The monoisotopic (exact) mass is 367 g/mol. The Bertz CT molecular complexity index is 650. The Hall–Kier alpha value is -1.50. The summed E-state index contributed by atoms with van der Waals surface area (Å²) in [5.41, 5.74) is 1.84. The van der Waals surface area contributed by atoms with Crippen LogP contribution in [0.15, 0.2) is 41.0 Å². The second kappa shape index (κ2) is 9.11. The van der Waals surface area contributed by atoms with Crippen LogP contribution < -0.4 is 5.32 Å². The SMILES string of the molecule is CC1CN(C(=O)CSCc2coc(-c3ccccc3)n2)CCN1.Cl. The Morgan fingerprint density at radius 1 is 1.42 bits per heavy atom. The summed E-state index contributed by atoms with van der Waals surface area (Å²) < 4.78 is 5.51. The molecular formula is C17H22ClN3O2S. The average molecular weight is 368 g/mol. The zero-order valence-electron chi connectivity index (χ0n) is 13.6. The van der Waals surface area contributed by atoms with Crippen LogP contribution in [-0.2, 0) is 10.5 Å². The average Bonchev–Trinajstić information content (AvgIpc) is 3.04. The summed E-state index contributed by atoms with van der Waals surface area (Å²) in [6.07, 6.45) is 1.67. The molecule has 1 amide bonds. The molecule has 2 heterocycles. The van der Waals surface area contributed by atoms with Crippen LogP contribution in [0.4, 0.5) is 0 Å². The van der Waals surface area contributed by atoms with Crippen molar-refractivity contribution in [2.45, 2.75) is 18.7 Å². The van der Waals surface area contributed by atoms with Gasteiger partial charge in [-0.25, -0.2) is 4.98 Å². The third-order valence-corrected chi connectivity index (χ3v) is 4.72. The van der Waals surface area contributed by atoms with Gasteiger partial charge in [-0.15, -0.1) is 24.2 Å². The Labute approximate surface area is 152 Å². The van der Waals surface area contributed by atoms with Gasteiger partial charge >= 0.3 is 0 Å². The minimum absolute atomic E-state index is 0. The number of rotatable bonds is 5. The molecule has 1 saturated heterocycles. The number of hydrogen-bond donors (Lipinski definition) is 1. The van der Waals surface area contributed by atoms with Gasteiger partial charge in [0.05, 0.1) is 11.4 Å². The van der Waals surface area contributed by atoms with E-state index in [1.54, 1.807) is 18.0 Å². The fourth-order valence-electron chi connectivity index (χ4n) is 2.58. The van der Waals surface area contributed by atoms with Crippen molar-refractivity contribution in [1.29, 1.82) is 0 Å². The van der Waals surface area contributed by atoms with Gasteiger partial charge in [0.15, 0.2) is 0 Å². The first-order valence-corrected chi connectivity index (χ1v) is 8.96. The molecule has 3 rings (SSSR count). The normalized spacial score (nSPS) is 17.4. The van der Waals surface area contributed by atoms with Crippen LogP contribution >= 0.6 is 24.2 Å². The summed E-state index contributed by atoms with van der Waals surface area (Å²) >= 11 is 1.58. The van der Waals surface area contributed by atoms with Crippen LogP contribution in [-0.4, -0.2) is 47.2 Å². The van der Waals surface area contributed by atoms with Crippen LogP contribution in [0.2, 0.25) is 0 Å². The van der Waals surface area contributed by atoms with E-state index in [2.05, 4.69) is 17.2 Å². The fourth-order valence-corrected chi connectivity index (χ4v) is 3.38. The number of halogens is 1.